The van der Waals surface area contributed by atoms with Crippen molar-refractivity contribution in [2.75, 3.05) is 0 Å². The smallest absolute Gasteiger partial charge is 1.00 e. The summed E-state index contributed by atoms with van der Waals surface area (Å²) in [5.41, 5.74) is 4.23. The molecule has 2 aromatic carbocycles. The predicted octanol–water partition coefficient (Wildman–Crippen LogP) is -1.70. The number of rotatable bonds is 1. The van der Waals surface area contributed by atoms with E-state index in [-0.39, 0.29) is 60.2 Å². The van der Waals surface area contributed by atoms with Gasteiger partial charge in [0.15, 0.2) is 0 Å². The van der Waals surface area contributed by atoms with Gasteiger partial charge in [-0.25, -0.2) is 0 Å². The Morgan fingerprint density at radius 3 is 2.18 bits per heavy atom. The number of halogens is 2. The fraction of sp³-hybridized carbons (Fsp3) is 0.357. The molecule has 0 amide bonds. The van der Waals surface area contributed by atoms with Gasteiger partial charge in [-0.3, -0.25) is 0 Å². The fourth-order valence-electron chi connectivity index (χ4n) is 2.12. The molecule has 0 aliphatic heterocycles. The average molecular weight is 436 g/mol. The summed E-state index contributed by atoms with van der Waals surface area (Å²) in [6.07, 6.45) is 0. The summed E-state index contributed by atoms with van der Waals surface area (Å²) in [5.74, 6) is 0.611. The van der Waals surface area contributed by atoms with Gasteiger partial charge < -0.3 is 34.0 Å². The maximum atomic E-state index is 2.30. The Balaban J connectivity index is 0. The van der Waals surface area contributed by atoms with Gasteiger partial charge in [-0.05, 0) is 5.92 Å². The van der Waals surface area contributed by atoms with Gasteiger partial charge in [-0.2, -0.15) is 6.07 Å². The Hall–Kier alpha value is 0.673. The van der Waals surface area contributed by atoms with Crippen LogP contribution in [0.4, 0.5) is 0 Å². The third-order valence-corrected chi connectivity index (χ3v) is 2.90. The molecule has 0 saturated carbocycles. The Kier molecular flexibility index (Phi) is 9.37. The molecule has 2 rings (SSSR count). The van der Waals surface area contributed by atoms with Crippen molar-refractivity contribution in [3.05, 3.63) is 41.0 Å². The van der Waals surface area contributed by atoms with Crippen molar-refractivity contribution >= 4 is 10.8 Å². The maximum absolute atomic E-state index is 2.30. The largest absolute Gasteiger partial charge is 3.00 e. The standard InChI is InChI=1S/C14H17.2BrH.Zr/c1-9(2)12-6-5-11(4)13-7-10(3)8-14(12)13;;;/h5-9H,1-4H3;2*1H;/q-1;;;+3/p-2. The number of aryl methyl sites for hydroxylation is 2. The van der Waals surface area contributed by atoms with Crippen LogP contribution in [0.1, 0.15) is 36.5 Å². The van der Waals surface area contributed by atoms with Crippen LogP contribution in [0.3, 0.4) is 0 Å². The van der Waals surface area contributed by atoms with E-state index < -0.39 is 0 Å². The third-order valence-electron chi connectivity index (χ3n) is 2.90. The molecule has 0 aromatic heterocycles. The van der Waals surface area contributed by atoms with Crippen LogP contribution in [0.5, 0.6) is 0 Å². The molecule has 17 heavy (non-hydrogen) atoms. The van der Waals surface area contributed by atoms with E-state index in [9.17, 15) is 0 Å². The van der Waals surface area contributed by atoms with Gasteiger partial charge in [0.05, 0.1) is 0 Å². The molecule has 0 N–H and O–H groups in total. The maximum Gasteiger partial charge on any atom is 3.00 e. The van der Waals surface area contributed by atoms with E-state index in [1.54, 1.807) is 0 Å². The summed E-state index contributed by atoms with van der Waals surface area (Å²) in [7, 11) is 0. The van der Waals surface area contributed by atoms with E-state index in [0.717, 1.165) is 0 Å². The summed E-state index contributed by atoms with van der Waals surface area (Å²) in [5, 5.41) is 2.87. The minimum atomic E-state index is 0. The van der Waals surface area contributed by atoms with Gasteiger partial charge in [0.2, 0.25) is 0 Å². The van der Waals surface area contributed by atoms with Gasteiger partial charge in [0.25, 0.3) is 0 Å². The van der Waals surface area contributed by atoms with E-state index in [1.807, 2.05) is 0 Å². The van der Waals surface area contributed by atoms with Crippen molar-refractivity contribution in [1.29, 1.82) is 0 Å². The zero-order chi connectivity index (χ0) is 10.3. The second-order valence-corrected chi connectivity index (χ2v) is 4.49. The second-order valence-electron chi connectivity index (χ2n) is 4.49. The summed E-state index contributed by atoms with van der Waals surface area (Å²) >= 11 is 0. The van der Waals surface area contributed by atoms with Crippen LogP contribution in [-0.2, 0) is 26.2 Å². The third kappa shape index (κ3) is 4.08. The molecule has 0 fully saturated rings. The van der Waals surface area contributed by atoms with E-state index >= 15 is 0 Å². The molecule has 0 atom stereocenters. The fourth-order valence-corrected chi connectivity index (χ4v) is 2.12. The number of fused-ring (bicyclic) bond motifs is 1. The molecule has 0 unspecified atom stereocenters. The zero-order valence-electron chi connectivity index (χ0n) is 10.6. The summed E-state index contributed by atoms with van der Waals surface area (Å²) in [6.45, 7) is 8.87. The minimum Gasteiger partial charge on any atom is -1.00 e. The van der Waals surface area contributed by atoms with Crippen LogP contribution in [0, 0.1) is 13.8 Å². The van der Waals surface area contributed by atoms with E-state index in [1.165, 1.54) is 27.5 Å². The van der Waals surface area contributed by atoms with Crippen molar-refractivity contribution in [2.45, 2.75) is 33.6 Å². The number of benzene rings is 1. The van der Waals surface area contributed by atoms with Crippen LogP contribution in [0.15, 0.2) is 24.3 Å². The molecule has 91 valence electrons. The molecule has 0 aliphatic rings. The Morgan fingerprint density at radius 1 is 1.06 bits per heavy atom. The molecule has 0 bridgehead atoms. The molecular formula is C14H17Br2Zr. The van der Waals surface area contributed by atoms with Crippen LogP contribution in [-0.4, -0.2) is 0 Å². The van der Waals surface area contributed by atoms with Crippen molar-refractivity contribution in [3.8, 4) is 0 Å². The first kappa shape index (κ1) is 20.0. The van der Waals surface area contributed by atoms with Crippen molar-refractivity contribution < 1.29 is 60.2 Å². The SMILES string of the molecule is Cc1cc2c(C(C)C)ccc(C)c2[cH-]1.[Br-].[Br-].[Zr+3]. The van der Waals surface area contributed by atoms with E-state index in [2.05, 4.69) is 52.0 Å². The first-order valence-electron chi connectivity index (χ1n) is 5.26. The summed E-state index contributed by atoms with van der Waals surface area (Å²) < 4.78 is 0. The van der Waals surface area contributed by atoms with Gasteiger partial charge in [0.1, 0.15) is 0 Å². The second kappa shape index (κ2) is 7.97. The molecule has 3 heteroatoms. The summed E-state index contributed by atoms with van der Waals surface area (Å²) in [6, 6.07) is 9.09. The monoisotopic (exact) mass is 433 g/mol. The van der Waals surface area contributed by atoms with Crippen LogP contribution < -0.4 is 34.0 Å². The topological polar surface area (TPSA) is 0 Å². The molecule has 0 saturated heterocycles. The Bertz CT molecular complexity index is 472. The molecule has 2 aromatic rings. The molecule has 0 spiro atoms. The molecule has 0 heterocycles. The molecule has 0 aliphatic carbocycles. The van der Waals surface area contributed by atoms with Gasteiger partial charge in [-0.1, -0.05) is 39.3 Å². The summed E-state index contributed by atoms with van der Waals surface area (Å²) in [4.78, 5) is 0. The van der Waals surface area contributed by atoms with Gasteiger partial charge in [-0.15, -0.1) is 34.0 Å². The normalized spacial score (nSPS) is 9.47. The quantitative estimate of drug-likeness (QED) is 0.468. The number of hydrogen-bond donors (Lipinski definition) is 0. The average Bonchev–Trinajstić information content (AvgIpc) is 2.47. The van der Waals surface area contributed by atoms with Crippen molar-refractivity contribution in [2.24, 2.45) is 0 Å². The minimum absolute atomic E-state index is 0. The molecular weight excluding hydrogens is 419 g/mol. The van der Waals surface area contributed by atoms with Crippen LogP contribution in [0.2, 0.25) is 0 Å². The van der Waals surface area contributed by atoms with Crippen molar-refractivity contribution in [3.63, 3.8) is 0 Å². The molecule has 1 radical (unpaired) electrons. The van der Waals surface area contributed by atoms with Crippen LogP contribution >= 0.6 is 0 Å². The zero-order valence-corrected chi connectivity index (χ0v) is 16.3. The number of hydrogen-bond acceptors (Lipinski definition) is 0. The van der Waals surface area contributed by atoms with Gasteiger partial charge in [0, 0.05) is 0 Å². The van der Waals surface area contributed by atoms with E-state index in [4.69, 9.17) is 0 Å². The van der Waals surface area contributed by atoms with Crippen molar-refractivity contribution in [1.82, 2.24) is 0 Å². The van der Waals surface area contributed by atoms with Gasteiger partial charge >= 0.3 is 26.2 Å². The van der Waals surface area contributed by atoms with E-state index in [0.29, 0.717) is 5.92 Å². The first-order valence-corrected chi connectivity index (χ1v) is 5.26. The Labute approximate surface area is 144 Å². The Morgan fingerprint density at radius 2 is 1.65 bits per heavy atom. The van der Waals surface area contributed by atoms with Crippen LogP contribution in [0.25, 0.3) is 10.8 Å². The molecule has 0 nitrogen and oxygen atoms in total. The predicted molar refractivity (Wildman–Crippen MR) is 63.1 cm³/mol. The first-order chi connectivity index (χ1) is 6.59.